The highest BCUT2D eigenvalue weighted by Crippen LogP contribution is 2.37. The molecule has 0 saturated carbocycles. The van der Waals surface area contributed by atoms with Crippen LogP contribution in [0.4, 0.5) is 0 Å². The van der Waals surface area contributed by atoms with Gasteiger partial charge in [-0.2, -0.15) is 5.26 Å². The first kappa shape index (κ1) is 26.0. The van der Waals surface area contributed by atoms with E-state index in [9.17, 15) is 0 Å². The van der Waals surface area contributed by atoms with Gasteiger partial charge >= 0.3 is 0 Å². The molecular weight excluding hydrogens is 454 g/mol. The van der Waals surface area contributed by atoms with Crippen LogP contribution in [0.1, 0.15) is 70.3 Å². The van der Waals surface area contributed by atoms with Crippen molar-refractivity contribution < 1.29 is 9.47 Å². The third-order valence-electron chi connectivity index (χ3n) is 5.94. The number of benzene rings is 1. The summed E-state index contributed by atoms with van der Waals surface area (Å²) in [5, 5.41) is 8.76. The van der Waals surface area contributed by atoms with Crippen molar-refractivity contribution in [3.8, 4) is 17.6 Å². The van der Waals surface area contributed by atoms with Crippen molar-refractivity contribution in [3.05, 3.63) is 22.2 Å². The molecule has 2 rings (SSSR count). The normalized spacial score (nSPS) is 15.0. The van der Waals surface area contributed by atoms with E-state index in [0.717, 1.165) is 68.3 Å². The SMILES string of the molecule is CCCCCCCCCCOc1c(Br)cc(CN2CCN(CCC#N)CC2)cc1OC. The van der Waals surface area contributed by atoms with E-state index >= 15 is 0 Å². The summed E-state index contributed by atoms with van der Waals surface area (Å²) >= 11 is 3.70. The van der Waals surface area contributed by atoms with E-state index in [1.807, 2.05) is 0 Å². The zero-order chi connectivity index (χ0) is 22.3. The van der Waals surface area contributed by atoms with Crippen LogP contribution in [-0.4, -0.2) is 56.2 Å². The maximum atomic E-state index is 8.76. The molecule has 6 heteroatoms. The van der Waals surface area contributed by atoms with Crippen molar-refractivity contribution in [1.82, 2.24) is 9.80 Å². The molecule has 0 N–H and O–H groups in total. The van der Waals surface area contributed by atoms with Crippen molar-refractivity contribution in [1.29, 1.82) is 5.26 Å². The van der Waals surface area contributed by atoms with Crippen molar-refractivity contribution in [3.63, 3.8) is 0 Å². The molecule has 1 heterocycles. The van der Waals surface area contributed by atoms with Gasteiger partial charge in [-0.3, -0.25) is 9.80 Å². The molecule has 0 bridgehead atoms. The van der Waals surface area contributed by atoms with Crippen LogP contribution in [0.2, 0.25) is 0 Å². The Morgan fingerprint density at radius 2 is 1.61 bits per heavy atom. The number of unbranched alkanes of at least 4 members (excludes halogenated alkanes) is 7. The van der Waals surface area contributed by atoms with Gasteiger partial charge in [-0.25, -0.2) is 0 Å². The zero-order valence-corrected chi connectivity index (χ0v) is 21.1. The largest absolute Gasteiger partial charge is 0.493 e. The Labute approximate surface area is 197 Å². The number of piperazine rings is 1. The average molecular weight is 495 g/mol. The lowest BCUT2D eigenvalue weighted by Crippen LogP contribution is -2.46. The van der Waals surface area contributed by atoms with Gasteiger partial charge in [-0.15, -0.1) is 0 Å². The van der Waals surface area contributed by atoms with E-state index in [1.165, 1.54) is 50.5 Å². The highest BCUT2D eigenvalue weighted by molar-refractivity contribution is 9.10. The van der Waals surface area contributed by atoms with Gasteiger partial charge in [0, 0.05) is 45.7 Å². The Morgan fingerprint density at radius 3 is 2.26 bits per heavy atom. The molecule has 1 aromatic rings. The van der Waals surface area contributed by atoms with E-state index in [4.69, 9.17) is 14.7 Å². The summed E-state index contributed by atoms with van der Waals surface area (Å²) in [7, 11) is 1.71. The molecule has 1 aliphatic heterocycles. The molecule has 0 unspecified atom stereocenters. The van der Waals surface area contributed by atoms with Crippen LogP contribution in [0.3, 0.4) is 0 Å². The lowest BCUT2D eigenvalue weighted by atomic mass is 10.1. The summed E-state index contributed by atoms with van der Waals surface area (Å²) in [4.78, 5) is 4.84. The van der Waals surface area contributed by atoms with E-state index in [-0.39, 0.29) is 0 Å². The van der Waals surface area contributed by atoms with Gasteiger partial charge in [0.2, 0.25) is 0 Å². The summed E-state index contributed by atoms with van der Waals surface area (Å²) in [5.74, 6) is 1.62. The summed E-state index contributed by atoms with van der Waals surface area (Å²) in [6.07, 6.45) is 11.0. The monoisotopic (exact) mass is 493 g/mol. The molecule has 1 saturated heterocycles. The molecule has 1 aliphatic rings. The van der Waals surface area contributed by atoms with Crippen LogP contribution in [0.15, 0.2) is 16.6 Å². The fourth-order valence-corrected chi connectivity index (χ4v) is 4.66. The maximum absolute atomic E-state index is 8.76. The zero-order valence-electron chi connectivity index (χ0n) is 19.5. The summed E-state index contributed by atoms with van der Waals surface area (Å²) < 4.78 is 12.7. The standard InChI is InChI=1S/C25H40BrN3O2/c1-3-4-5-6-7-8-9-10-18-31-25-23(26)19-22(20-24(25)30-2)21-29-16-14-28(15-17-29)13-11-12-27/h19-20H,3-11,13-18,21H2,1-2H3. The van der Waals surface area contributed by atoms with Crippen LogP contribution in [-0.2, 0) is 6.54 Å². The number of hydrogen-bond acceptors (Lipinski definition) is 5. The van der Waals surface area contributed by atoms with Gasteiger partial charge in [0.25, 0.3) is 0 Å². The second-order valence-electron chi connectivity index (χ2n) is 8.46. The Kier molecular flexibility index (Phi) is 13.0. The second-order valence-corrected chi connectivity index (χ2v) is 9.31. The minimum Gasteiger partial charge on any atom is -0.493 e. The lowest BCUT2D eigenvalue weighted by molar-refractivity contribution is 0.129. The van der Waals surface area contributed by atoms with Crippen LogP contribution in [0.5, 0.6) is 11.5 Å². The van der Waals surface area contributed by atoms with E-state index in [0.29, 0.717) is 6.42 Å². The Hall–Kier alpha value is -1.29. The molecule has 31 heavy (non-hydrogen) atoms. The average Bonchev–Trinajstić information content (AvgIpc) is 2.78. The van der Waals surface area contributed by atoms with Gasteiger partial charge in [-0.05, 0) is 40.0 Å². The number of hydrogen-bond donors (Lipinski definition) is 0. The van der Waals surface area contributed by atoms with Gasteiger partial charge < -0.3 is 9.47 Å². The summed E-state index contributed by atoms with van der Waals surface area (Å²) in [5.41, 5.74) is 1.23. The quantitative estimate of drug-likeness (QED) is 0.280. The third-order valence-corrected chi connectivity index (χ3v) is 6.53. The third kappa shape index (κ3) is 9.80. The highest BCUT2D eigenvalue weighted by Gasteiger charge is 2.18. The first-order chi connectivity index (χ1) is 15.2. The van der Waals surface area contributed by atoms with Gasteiger partial charge in [0.15, 0.2) is 11.5 Å². The van der Waals surface area contributed by atoms with Crippen LogP contribution in [0, 0.1) is 11.3 Å². The molecule has 5 nitrogen and oxygen atoms in total. The molecule has 0 atom stereocenters. The van der Waals surface area contributed by atoms with Crippen molar-refractivity contribution in [2.24, 2.45) is 0 Å². The number of rotatable bonds is 15. The Morgan fingerprint density at radius 1 is 0.968 bits per heavy atom. The topological polar surface area (TPSA) is 48.7 Å². The number of nitriles is 1. The fourth-order valence-electron chi connectivity index (χ4n) is 4.05. The number of nitrogens with zero attached hydrogens (tertiary/aromatic N) is 3. The molecule has 0 radical (unpaired) electrons. The first-order valence-corrected chi connectivity index (χ1v) is 12.8. The van der Waals surface area contributed by atoms with E-state index < -0.39 is 0 Å². The van der Waals surface area contributed by atoms with Crippen molar-refractivity contribution in [2.75, 3.05) is 46.4 Å². The summed E-state index contributed by atoms with van der Waals surface area (Å²) in [6, 6.07) is 6.50. The minimum atomic E-state index is 0.616. The number of methoxy groups -OCH3 is 1. The van der Waals surface area contributed by atoms with Crippen LogP contribution in [0.25, 0.3) is 0 Å². The summed E-state index contributed by atoms with van der Waals surface area (Å²) in [6.45, 7) is 8.89. The Balaban J connectivity index is 1.75. The van der Waals surface area contributed by atoms with Gasteiger partial charge in [0.05, 0.1) is 24.3 Å². The predicted molar refractivity (Wildman–Crippen MR) is 131 cm³/mol. The maximum Gasteiger partial charge on any atom is 0.175 e. The minimum absolute atomic E-state index is 0.616. The van der Waals surface area contributed by atoms with E-state index in [1.54, 1.807) is 7.11 Å². The highest BCUT2D eigenvalue weighted by atomic mass is 79.9. The molecule has 174 valence electrons. The van der Waals surface area contributed by atoms with Crippen molar-refractivity contribution in [2.45, 2.75) is 71.3 Å². The first-order valence-electron chi connectivity index (χ1n) is 12.0. The lowest BCUT2D eigenvalue weighted by Gasteiger charge is -2.34. The molecule has 0 spiro atoms. The fraction of sp³-hybridized carbons (Fsp3) is 0.720. The molecule has 1 aromatic carbocycles. The smallest absolute Gasteiger partial charge is 0.175 e. The van der Waals surface area contributed by atoms with Crippen LogP contribution < -0.4 is 9.47 Å². The molecule has 0 aliphatic carbocycles. The second kappa shape index (κ2) is 15.5. The molecular formula is C25H40BrN3O2. The molecule has 1 fully saturated rings. The number of ether oxygens (including phenoxy) is 2. The van der Waals surface area contributed by atoms with Gasteiger partial charge in [-0.1, -0.05) is 51.9 Å². The Bertz CT molecular complexity index is 669. The van der Waals surface area contributed by atoms with Crippen LogP contribution >= 0.6 is 15.9 Å². The number of halogens is 1. The predicted octanol–water partition coefficient (Wildman–Crippen LogP) is 6.01. The molecule has 0 amide bonds. The van der Waals surface area contributed by atoms with Gasteiger partial charge in [0.1, 0.15) is 0 Å². The van der Waals surface area contributed by atoms with E-state index in [2.05, 4.69) is 50.9 Å². The molecule has 0 aromatic heterocycles. The van der Waals surface area contributed by atoms with Crippen molar-refractivity contribution >= 4 is 15.9 Å².